The molecular weight excluding hydrogens is 486 g/mol. The van der Waals surface area contributed by atoms with Crippen molar-refractivity contribution in [3.8, 4) is 11.5 Å². The third-order valence-corrected chi connectivity index (χ3v) is 7.35. The molecule has 4 atom stereocenters. The molecule has 8 heteroatoms. The van der Waals surface area contributed by atoms with Crippen molar-refractivity contribution in [1.82, 2.24) is 4.90 Å². The number of ether oxygens (including phenoxy) is 3. The second-order valence-electron chi connectivity index (χ2n) is 9.37. The second kappa shape index (κ2) is 11.1. The van der Waals surface area contributed by atoms with E-state index in [1.807, 2.05) is 6.07 Å². The van der Waals surface area contributed by atoms with E-state index in [-0.39, 0.29) is 12.4 Å². The number of carboxylic acids is 1. The normalized spacial score (nSPS) is 22.6. The number of hydrogen-bond donors (Lipinski definition) is 1. The van der Waals surface area contributed by atoms with Crippen LogP contribution < -0.4 is 9.47 Å². The molecule has 4 rings (SSSR count). The Morgan fingerprint density at radius 2 is 1.37 bits per heavy atom. The van der Waals surface area contributed by atoms with E-state index in [9.17, 15) is 19.5 Å². The van der Waals surface area contributed by atoms with E-state index in [0.29, 0.717) is 28.2 Å². The number of carbonyl (C=O) groups is 3. The highest BCUT2D eigenvalue weighted by atomic mass is 16.5. The van der Waals surface area contributed by atoms with Crippen molar-refractivity contribution >= 4 is 17.7 Å². The molecule has 1 amide bonds. The van der Waals surface area contributed by atoms with Gasteiger partial charge in [-0.3, -0.25) is 9.59 Å². The molecule has 3 aromatic carbocycles. The Balaban J connectivity index is 2.00. The molecule has 1 N–H and O–H groups in total. The molecule has 198 valence electrons. The molecule has 0 saturated carbocycles. The Kier molecular flexibility index (Phi) is 7.83. The van der Waals surface area contributed by atoms with Crippen molar-refractivity contribution < 1.29 is 33.7 Å². The first kappa shape index (κ1) is 26.9. The molecule has 0 aliphatic carbocycles. The average molecular weight is 518 g/mol. The quantitative estimate of drug-likeness (QED) is 0.421. The minimum Gasteiger partial charge on any atom is -0.497 e. The van der Waals surface area contributed by atoms with Crippen LogP contribution in [0.25, 0.3) is 0 Å². The number of methoxy groups -OCH3 is 3. The number of rotatable bonds is 9. The standard InChI is InChI=1S/C30H31NO7/c1-30(29(34)35)26(19-8-6-5-7-9-19)25(28(33)21-12-16-23(38-4)17-13-21)27(31(30)24(32)18-36-2)20-10-14-22(37-3)15-11-20/h5-17,25-27H,18H2,1-4H3,(H,34,35). The first-order valence-electron chi connectivity index (χ1n) is 12.2. The highest BCUT2D eigenvalue weighted by molar-refractivity contribution is 6.02. The third kappa shape index (κ3) is 4.63. The summed E-state index contributed by atoms with van der Waals surface area (Å²) in [7, 11) is 4.46. The second-order valence-corrected chi connectivity index (χ2v) is 9.37. The van der Waals surface area contributed by atoms with Gasteiger partial charge in [-0.25, -0.2) is 4.79 Å². The number of hydrogen-bond acceptors (Lipinski definition) is 6. The van der Waals surface area contributed by atoms with E-state index in [1.54, 1.807) is 79.9 Å². The summed E-state index contributed by atoms with van der Waals surface area (Å²) >= 11 is 0. The van der Waals surface area contributed by atoms with E-state index in [1.165, 1.54) is 26.0 Å². The van der Waals surface area contributed by atoms with E-state index in [0.717, 1.165) is 0 Å². The monoisotopic (exact) mass is 517 g/mol. The summed E-state index contributed by atoms with van der Waals surface area (Å²) in [5.41, 5.74) is -0.0958. The Labute approximate surface area is 221 Å². The molecule has 4 unspecified atom stereocenters. The molecular formula is C30H31NO7. The van der Waals surface area contributed by atoms with Gasteiger partial charge in [0.2, 0.25) is 5.91 Å². The van der Waals surface area contributed by atoms with Gasteiger partial charge in [-0.05, 0) is 54.4 Å². The van der Waals surface area contributed by atoms with Crippen molar-refractivity contribution in [2.24, 2.45) is 5.92 Å². The van der Waals surface area contributed by atoms with Crippen molar-refractivity contribution in [3.05, 3.63) is 95.6 Å². The highest BCUT2D eigenvalue weighted by Gasteiger charge is 2.64. The fourth-order valence-electron chi connectivity index (χ4n) is 5.57. The van der Waals surface area contributed by atoms with Crippen molar-refractivity contribution in [1.29, 1.82) is 0 Å². The summed E-state index contributed by atoms with van der Waals surface area (Å²) < 4.78 is 15.7. The molecule has 0 radical (unpaired) electrons. The smallest absolute Gasteiger partial charge is 0.330 e. The zero-order valence-electron chi connectivity index (χ0n) is 21.8. The van der Waals surface area contributed by atoms with Crippen LogP contribution in [0.3, 0.4) is 0 Å². The van der Waals surface area contributed by atoms with E-state index in [2.05, 4.69) is 0 Å². The largest absolute Gasteiger partial charge is 0.497 e. The number of nitrogens with zero attached hydrogens (tertiary/aromatic N) is 1. The van der Waals surface area contributed by atoms with Crippen LogP contribution in [0.4, 0.5) is 0 Å². The van der Waals surface area contributed by atoms with Crippen molar-refractivity contribution in [3.63, 3.8) is 0 Å². The molecule has 0 aromatic heterocycles. The minimum absolute atomic E-state index is 0.275. The summed E-state index contributed by atoms with van der Waals surface area (Å²) in [6, 6.07) is 21.8. The van der Waals surface area contributed by atoms with Gasteiger partial charge in [0.25, 0.3) is 0 Å². The van der Waals surface area contributed by atoms with E-state index < -0.39 is 35.3 Å². The van der Waals surface area contributed by atoms with Gasteiger partial charge in [-0.2, -0.15) is 0 Å². The summed E-state index contributed by atoms with van der Waals surface area (Å²) in [6.45, 7) is 1.18. The lowest BCUT2D eigenvalue weighted by molar-refractivity contribution is -0.159. The van der Waals surface area contributed by atoms with Gasteiger partial charge in [0.05, 0.1) is 26.2 Å². The Bertz CT molecular complexity index is 1290. The molecule has 38 heavy (non-hydrogen) atoms. The van der Waals surface area contributed by atoms with Gasteiger partial charge in [0.15, 0.2) is 5.78 Å². The van der Waals surface area contributed by atoms with Crippen LogP contribution in [-0.4, -0.2) is 61.1 Å². The maximum atomic E-state index is 14.3. The van der Waals surface area contributed by atoms with Gasteiger partial charge in [-0.1, -0.05) is 42.5 Å². The SMILES string of the molecule is COCC(=O)N1C(c2ccc(OC)cc2)C(C(=O)c2ccc(OC)cc2)C(c2ccccc2)C1(C)C(=O)O. The van der Waals surface area contributed by atoms with Gasteiger partial charge in [-0.15, -0.1) is 0 Å². The topological polar surface area (TPSA) is 102 Å². The van der Waals surface area contributed by atoms with Crippen LogP contribution in [0.2, 0.25) is 0 Å². The van der Waals surface area contributed by atoms with Crippen molar-refractivity contribution in [2.75, 3.05) is 27.9 Å². The average Bonchev–Trinajstić information content (AvgIpc) is 3.23. The zero-order chi connectivity index (χ0) is 27.4. The summed E-state index contributed by atoms with van der Waals surface area (Å²) in [4.78, 5) is 42.4. The predicted molar refractivity (Wildman–Crippen MR) is 140 cm³/mol. The fourth-order valence-corrected chi connectivity index (χ4v) is 5.57. The molecule has 3 aromatic rings. The number of carboxylic acid groups (broad SMARTS) is 1. The van der Waals surface area contributed by atoms with E-state index in [4.69, 9.17) is 14.2 Å². The minimum atomic E-state index is -1.76. The van der Waals surface area contributed by atoms with Gasteiger partial charge in [0, 0.05) is 18.6 Å². The van der Waals surface area contributed by atoms with Crippen LogP contribution in [-0.2, 0) is 14.3 Å². The molecule has 0 bridgehead atoms. The van der Waals surface area contributed by atoms with Crippen LogP contribution in [0.15, 0.2) is 78.9 Å². The molecule has 1 aliphatic rings. The number of carbonyl (C=O) groups excluding carboxylic acids is 2. The van der Waals surface area contributed by atoms with Gasteiger partial charge in [0.1, 0.15) is 23.6 Å². The number of Topliss-reactive ketones (excluding diaryl/α,β-unsaturated/α-hetero) is 1. The van der Waals surface area contributed by atoms with Crippen molar-refractivity contribution in [2.45, 2.75) is 24.4 Å². The zero-order valence-corrected chi connectivity index (χ0v) is 21.8. The Morgan fingerprint density at radius 1 is 0.816 bits per heavy atom. The molecule has 1 heterocycles. The first-order valence-corrected chi connectivity index (χ1v) is 12.2. The Morgan fingerprint density at radius 3 is 1.87 bits per heavy atom. The lowest BCUT2D eigenvalue weighted by Crippen LogP contribution is -2.55. The first-order chi connectivity index (χ1) is 18.3. The summed E-state index contributed by atoms with van der Waals surface area (Å²) in [5.74, 6) is -2.59. The van der Waals surface area contributed by atoms with Crippen LogP contribution >= 0.6 is 0 Å². The predicted octanol–water partition coefficient (Wildman–Crippen LogP) is 4.36. The molecule has 1 saturated heterocycles. The number of ketones is 1. The lowest BCUT2D eigenvalue weighted by Gasteiger charge is -2.37. The lowest BCUT2D eigenvalue weighted by atomic mass is 9.71. The number of likely N-dealkylation sites (tertiary alicyclic amines) is 1. The maximum Gasteiger partial charge on any atom is 0.330 e. The highest BCUT2D eigenvalue weighted by Crippen LogP contribution is 2.56. The molecule has 1 fully saturated rings. The molecule has 1 aliphatic heterocycles. The number of amides is 1. The summed E-state index contributed by atoms with van der Waals surface area (Å²) in [6.07, 6.45) is 0. The van der Waals surface area contributed by atoms with E-state index >= 15 is 0 Å². The van der Waals surface area contributed by atoms with Crippen LogP contribution in [0.1, 0.15) is 40.4 Å². The molecule has 0 spiro atoms. The number of benzene rings is 3. The summed E-state index contributed by atoms with van der Waals surface area (Å²) in [5, 5.41) is 10.7. The number of aliphatic carboxylic acids is 1. The van der Waals surface area contributed by atoms with Gasteiger partial charge >= 0.3 is 5.97 Å². The third-order valence-electron chi connectivity index (χ3n) is 7.35. The molecule has 8 nitrogen and oxygen atoms in total. The van der Waals surface area contributed by atoms with Crippen LogP contribution in [0, 0.1) is 5.92 Å². The maximum absolute atomic E-state index is 14.3. The Hall–Kier alpha value is -4.17. The fraction of sp³-hybridized carbons (Fsp3) is 0.300. The van der Waals surface area contributed by atoms with Crippen LogP contribution in [0.5, 0.6) is 11.5 Å². The van der Waals surface area contributed by atoms with Gasteiger partial charge < -0.3 is 24.2 Å².